The molecule has 1 aromatic carbocycles. The van der Waals surface area contributed by atoms with Gasteiger partial charge in [-0.05, 0) is 12.1 Å². The van der Waals surface area contributed by atoms with Gasteiger partial charge >= 0.3 is 0 Å². The molecular weight excluding hydrogens is 336 g/mol. The molecule has 8 heteroatoms. The van der Waals surface area contributed by atoms with Crippen molar-refractivity contribution in [2.45, 2.75) is 6.92 Å². The largest absolute Gasteiger partial charge is 0.493 e. The van der Waals surface area contributed by atoms with Gasteiger partial charge in [0.1, 0.15) is 5.75 Å². The van der Waals surface area contributed by atoms with Crippen molar-refractivity contribution in [2.75, 3.05) is 46.3 Å². The maximum Gasteiger partial charge on any atom is 0.239 e. The van der Waals surface area contributed by atoms with Crippen LogP contribution in [-0.2, 0) is 4.79 Å². The molecule has 0 spiro atoms. The molecule has 0 bridgehead atoms. The van der Waals surface area contributed by atoms with Gasteiger partial charge in [0.2, 0.25) is 11.8 Å². The molecule has 0 atom stereocenters. The van der Waals surface area contributed by atoms with E-state index in [4.69, 9.17) is 14.2 Å². The van der Waals surface area contributed by atoms with E-state index in [2.05, 4.69) is 9.97 Å². The van der Waals surface area contributed by atoms with E-state index in [1.165, 1.54) is 13.1 Å². The highest BCUT2D eigenvalue weighted by atomic mass is 16.5. The second-order valence-electron chi connectivity index (χ2n) is 5.70. The van der Waals surface area contributed by atoms with Crippen LogP contribution >= 0.6 is 0 Å². The first-order valence-electron chi connectivity index (χ1n) is 8.09. The third kappa shape index (κ3) is 4.98. The second-order valence-corrected chi connectivity index (χ2v) is 5.70. The first kappa shape index (κ1) is 19.3. The van der Waals surface area contributed by atoms with Crippen LogP contribution in [0, 0.1) is 0 Å². The van der Waals surface area contributed by atoms with Crippen LogP contribution in [0.1, 0.15) is 6.92 Å². The minimum atomic E-state index is 0.0232. The normalized spacial score (nSPS) is 10.2. The van der Waals surface area contributed by atoms with E-state index >= 15 is 0 Å². The number of hydrogen-bond acceptors (Lipinski definition) is 7. The van der Waals surface area contributed by atoms with Gasteiger partial charge < -0.3 is 24.0 Å². The molecule has 0 aliphatic heterocycles. The van der Waals surface area contributed by atoms with Crippen LogP contribution < -0.4 is 19.1 Å². The summed E-state index contributed by atoms with van der Waals surface area (Å²) in [5, 5.41) is 0. The summed E-state index contributed by atoms with van der Waals surface area (Å²) in [7, 11) is 6.79. The van der Waals surface area contributed by atoms with Crippen molar-refractivity contribution < 1.29 is 19.0 Å². The predicted octanol–water partition coefficient (Wildman–Crippen LogP) is 2.20. The number of carbonyl (C=O) groups is 1. The fourth-order valence-electron chi connectivity index (χ4n) is 2.14. The van der Waals surface area contributed by atoms with Gasteiger partial charge in [0.05, 0.1) is 26.6 Å². The predicted molar refractivity (Wildman–Crippen MR) is 98.2 cm³/mol. The molecule has 0 fully saturated rings. The number of ether oxygens (including phenoxy) is 3. The molecule has 26 heavy (non-hydrogen) atoms. The van der Waals surface area contributed by atoms with E-state index in [9.17, 15) is 4.79 Å². The summed E-state index contributed by atoms with van der Waals surface area (Å²) in [4.78, 5) is 23.5. The molecular formula is C18H24N4O4. The highest BCUT2D eigenvalue weighted by Crippen LogP contribution is 2.32. The molecule has 0 unspecified atom stereocenters. The van der Waals surface area contributed by atoms with Crippen molar-refractivity contribution in [3.05, 3.63) is 30.6 Å². The molecule has 1 aromatic heterocycles. The number of hydrogen-bond donors (Lipinski definition) is 0. The molecule has 8 nitrogen and oxygen atoms in total. The third-order valence-corrected chi connectivity index (χ3v) is 3.88. The van der Waals surface area contributed by atoms with Gasteiger partial charge in [-0.1, -0.05) is 0 Å². The zero-order valence-corrected chi connectivity index (χ0v) is 15.7. The summed E-state index contributed by atoms with van der Waals surface area (Å²) in [6.45, 7) is 2.76. The van der Waals surface area contributed by atoms with Crippen LogP contribution in [-0.4, -0.2) is 62.2 Å². The van der Waals surface area contributed by atoms with Crippen LogP contribution in [0.2, 0.25) is 0 Å². The van der Waals surface area contributed by atoms with E-state index in [0.717, 1.165) is 0 Å². The number of nitrogens with zero attached hydrogens (tertiary/aromatic N) is 4. The van der Waals surface area contributed by atoms with Gasteiger partial charge in [0.15, 0.2) is 17.3 Å². The summed E-state index contributed by atoms with van der Waals surface area (Å²) in [6.07, 6.45) is 3.19. The Morgan fingerprint density at radius 3 is 2.46 bits per heavy atom. The first-order chi connectivity index (χ1) is 12.4. The molecule has 0 N–H and O–H groups in total. The topological polar surface area (TPSA) is 77.0 Å². The average molecular weight is 360 g/mol. The lowest BCUT2D eigenvalue weighted by molar-refractivity contribution is -0.127. The SMILES string of the molecule is COc1ccc(Oc2cncc(N(C)CCN(C)C(C)=O)n2)cc1OC. The summed E-state index contributed by atoms with van der Waals surface area (Å²) in [5.41, 5.74) is 0. The summed E-state index contributed by atoms with van der Waals surface area (Å²) in [6, 6.07) is 5.25. The number of rotatable bonds is 8. The van der Waals surface area contributed by atoms with Crippen molar-refractivity contribution in [2.24, 2.45) is 0 Å². The molecule has 0 aliphatic rings. The van der Waals surface area contributed by atoms with E-state index in [-0.39, 0.29) is 5.91 Å². The fraction of sp³-hybridized carbons (Fsp3) is 0.389. The molecule has 0 saturated heterocycles. The maximum absolute atomic E-state index is 11.3. The zero-order chi connectivity index (χ0) is 19.1. The molecule has 0 saturated carbocycles. The number of carbonyl (C=O) groups excluding carboxylic acids is 1. The Hall–Kier alpha value is -3.03. The monoisotopic (exact) mass is 360 g/mol. The Morgan fingerprint density at radius 2 is 1.81 bits per heavy atom. The lowest BCUT2D eigenvalue weighted by Gasteiger charge is -2.22. The van der Waals surface area contributed by atoms with Crippen LogP contribution in [0.3, 0.4) is 0 Å². The lowest BCUT2D eigenvalue weighted by atomic mass is 10.3. The smallest absolute Gasteiger partial charge is 0.239 e. The summed E-state index contributed by atoms with van der Waals surface area (Å²) >= 11 is 0. The number of likely N-dealkylation sites (N-methyl/N-ethyl adjacent to an activating group) is 2. The molecule has 1 heterocycles. The van der Waals surface area contributed by atoms with Gasteiger partial charge in [-0.15, -0.1) is 0 Å². The van der Waals surface area contributed by atoms with Gasteiger partial charge in [-0.25, -0.2) is 0 Å². The van der Waals surface area contributed by atoms with Crippen LogP contribution in [0.15, 0.2) is 30.6 Å². The average Bonchev–Trinajstić information content (AvgIpc) is 2.65. The number of anilines is 1. The van der Waals surface area contributed by atoms with Gasteiger partial charge in [0, 0.05) is 40.2 Å². The second kappa shape index (κ2) is 8.89. The maximum atomic E-state index is 11.3. The third-order valence-electron chi connectivity index (χ3n) is 3.88. The van der Waals surface area contributed by atoms with Gasteiger partial charge in [-0.3, -0.25) is 9.78 Å². The first-order valence-corrected chi connectivity index (χ1v) is 8.09. The quantitative estimate of drug-likeness (QED) is 0.714. The Morgan fingerprint density at radius 1 is 1.08 bits per heavy atom. The van der Waals surface area contributed by atoms with Crippen molar-refractivity contribution in [1.82, 2.24) is 14.9 Å². The van der Waals surface area contributed by atoms with Crippen LogP contribution in [0.25, 0.3) is 0 Å². The van der Waals surface area contributed by atoms with E-state index in [1.54, 1.807) is 50.6 Å². The number of amides is 1. The molecule has 2 rings (SSSR count). The Labute approximate surface area is 153 Å². The van der Waals surface area contributed by atoms with E-state index in [0.29, 0.717) is 42.0 Å². The van der Waals surface area contributed by atoms with Gasteiger partial charge in [-0.2, -0.15) is 4.98 Å². The highest BCUT2D eigenvalue weighted by Gasteiger charge is 2.10. The molecule has 140 valence electrons. The number of benzene rings is 1. The minimum absolute atomic E-state index is 0.0232. The summed E-state index contributed by atoms with van der Waals surface area (Å²) in [5.74, 6) is 2.79. The van der Waals surface area contributed by atoms with Gasteiger partial charge in [0.25, 0.3) is 0 Å². The molecule has 2 aromatic rings. The lowest BCUT2D eigenvalue weighted by Crippen LogP contribution is -2.33. The Balaban J connectivity index is 2.08. The van der Waals surface area contributed by atoms with Crippen molar-refractivity contribution in [3.8, 4) is 23.1 Å². The highest BCUT2D eigenvalue weighted by molar-refractivity contribution is 5.72. The van der Waals surface area contributed by atoms with Crippen molar-refractivity contribution in [1.29, 1.82) is 0 Å². The molecule has 0 aliphatic carbocycles. The Kier molecular flexibility index (Phi) is 6.60. The fourth-order valence-corrected chi connectivity index (χ4v) is 2.14. The Bertz CT molecular complexity index is 754. The van der Waals surface area contributed by atoms with Crippen LogP contribution in [0.4, 0.5) is 5.82 Å². The van der Waals surface area contributed by atoms with Crippen molar-refractivity contribution >= 4 is 11.7 Å². The van der Waals surface area contributed by atoms with Crippen LogP contribution in [0.5, 0.6) is 23.1 Å². The molecule has 0 radical (unpaired) electrons. The standard InChI is InChI=1S/C18H24N4O4/c1-13(23)21(2)8-9-22(3)17-11-19-12-18(20-17)26-14-6-7-15(24-4)16(10-14)25-5/h6-7,10-12H,8-9H2,1-5H3. The zero-order valence-electron chi connectivity index (χ0n) is 15.7. The minimum Gasteiger partial charge on any atom is -0.493 e. The van der Waals surface area contributed by atoms with E-state index < -0.39 is 0 Å². The number of methoxy groups -OCH3 is 2. The molecule has 1 amide bonds. The number of aromatic nitrogens is 2. The summed E-state index contributed by atoms with van der Waals surface area (Å²) < 4.78 is 16.3. The van der Waals surface area contributed by atoms with Crippen molar-refractivity contribution in [3.63, 3.8) is 0 Å². The van der Waals surface area contributed by atoms with E-state index in [1.807, 2.05) is 11.9 Å².